The normalized spacial score (nSPS) is 11.9. The molecule has 1 aromatic heterocycles. The van der Waals surface area contributed by atoms with E-state index in [0.29, 0.717) is 11.2 Å². The number of fused-ring (bicyclic) bond motifs is 1. The third kappa shape index (κ3) is 2.29. The molecule has 0 amide bonds. The van der Waals surface area contributed by atoms with E-state index in [9.17, 15) is 13.5 Å². The van der Waals surface area contributed by atoms with E-state index in [1.165, 1.54) is 3.97 Å². The highest BCUT2D eigenvalue weighted by atomic mass is 79.9. The molecule has 0 spiro atoms. The first-order valence-corrected chi connectivity index (χ1v) is 8.49. The molecule has 0 atom stereocenters. The van der Waals surface area contributed by atoms with Crippen LogP contribution in [-0.4, -0.2) is 17.5 Å². The first-order chi connectivity index (χ1) is 10.1. The molecule has 6 heteroatoms. The molecule has 3 rings (SSSR count). The largest absolute Gasteiger partial charge is 0.390 e. The van der Waals surface area contributed by atoms with E-state index in [-0.39, 0.29) is 11.5 Å². The monoisotopic (exact) mass is 365 g/mol. The van der Waals surface area contributed by atoms with Crippen LogP contribution in [0.25, 0.3) is 10.9 Å². The number of rotatable bonds is 3. The van der Waals surface area contributed by atoms with Gasteiger partial charge in [-0.05, 0) is 30.3 Å². The predicted molar refractivity (Wildman–Crippen MR) is 84.6 cm³/mol. The minimum Gasteiger partial charge on any atom is -0.390 e. The summed E-state index contributed by atoms with van der Waals surface area (Å²) in [5.41, 5.74) is 0.873. The fourth-order valence-corrected chi connectivity index (χ4v) is 4.34. The molecule has 108 valence electrons. The van der Waals surface area contributed by atoms with Crippen LogP contribution in [-0.2, 0) is 16.6 Å². The molecule has 1 N–H and O–H groups in total. The molecule has 0 aliphatic rings. The second-order valence-electron chi connectivity index (χ2n) is 4.55. The van der Waals surface area contributed by atoms with Crippen LogP contribution in [0.15, 0.2) is 64.0 Å². The number of aromatic nitrogens is 1. The van der Waals surface area contributed by atoms with Gasteiger partial charge in [-0.1, -0.05) is 40.2 Å². The van der Waals surface area contributed by atoms with E-state index in [2.05, 4.69) is 15.9 Å². The first-order valence-electron chi connectivity index (χ1n) is 6.26. The van der Waals surface area contributed by atoms with Crippen molar-refractivity contribution in [1.29, 1.82) is 0 Å². The van der Waals surface area contributed by atoms with E-state index in [0.717, 1.165) is 9.86 Å². The van der Waals surface area contributed by atoms with Gasteiger partial charge in [0.15, 0.2) is 0 Å². The molecule has 2 aromatic carbocycles. The second-order valence-corrected chi connectivity index (χ2v) is 7.19. The SMILES string of the molecule is O=S(=O)(c1ccccc1)n1c(CO)cc2c(Br)cccc21. The highest BCUT2D eigenvalue weighted by Gasteiger charge is 2.23. The molecule has 1 heterocycles. The van der Waals surface area contributed by atoms with Crippen molar-refractivity contribution in [2.75, 3.05) is 0 Å². The molecule has 0 saturated carbocycles. The maximum Gasteiger partial charge on any atom is 0.268 e. The van der Waals surface area contributed by atoms with Gasteiger partial charge in [0.1, 0.15) is 0 Å². The van der Waals surface area contributed by atoms with Gasteiger partial charge in [-0.2, -0.15) is 0 Å². The number of halogens is 1. The zero-order chi connectivity index (χ0) is 15.0. The lowest BCUT2D eigenvalue weighted by Crippen LogP contribution is -2.15. The topological polar surface area (TPSA) is 59.3 Å². The van der Waals surface area contributed by atoms with Crippen molar-refractivity contribution in [2.45, 2.75) is 11.5 Å². The summed E-state index contributed by atoms with van der Waals surface area (Å²) >= 11 is 3.41. The summed E-state index contributed by atoms with van der Waals surface area (Å²) in [5, 5.41) is 10.3. The summed E-state index contributed by atoms with van der Waals surface area (Å²) in [6, 6.07) is 15.2. The molecule has 3 aromatic rings. The summed E-state index contributed by atoms with van der Waals surface area (Å²) < 4.78 is 27.7. The molecule has 0 unspecified atom stereocenters. The van der Waals surface area contributed by atoms with Gasteiger partial charge in [-0.15, -0.1) is 0 Å². The molecule has 0 fully saturated rings. The number of hydrogen-bond donors (Lipinski definition) is 1. The number of hydrogen-bond acceptors (Lipinski definition) is 3. The van der Waals surface area contributed by atoms with E-state index in [1.807, 2.05) is 6.07 Å². The van der Waals surface area contributed by atoms with Crippen LogP contribution >= 0.6 is 15.9 Å². The van der Waals surface area contributed by atoms with Crippen LogP contribution in [0, 0.1) is 0 Å². The van der Waals surface area contributed by atoms with Crippen molar-refractivity contribution in [1.82, 2.24) is 3.97 Å². The van der Waals surface area contributed by atoms with E-state index in [1.54, 1.807) is 48.5 Å². The lowest BCUT2D eigenvalue weighted by Gasteiger charge is -2.10. The molecule has 0 saturated heterocycles. The van der Waals surface area contributed by atoms with E-state index < -0.39 is 10.0 Å². The van der Waals surface area contributed by atoms with Gasteiger partial charge in [0.05, 0.1) is 22.7 Å². The maximum absolute atomic E-state index is 12.8. The Morgan fingerprint density at radius 2 is 1.76 bits per heavy atom. The highest BCUT2D eigenvalue weighted by Crippen LogP contribution is 2.30. The van der Waals surface area contributed by atoms with Crippen LogP contribution in [0.1, 0.15) is 5.69 Å². The minimum absolute atomic E-state index is 0.192. The molecule has 21 heavy (non-hydrogen) atoms. The smallest absolute Gasteiger partial charge is 0.268 e. The van der Waals surface area contributed by atoms with Crippen LogP contribution in [0.3, 0.4) is 0 Å². The van der Waals surface area contributed by atoms with Gasteiger partial charge in [0.2, 0.25) is 0 Å². The van der Waals surface area contributed by atoms with E-state index >= 15 is 0 Å². The average Bonchev–Trinajstić information content (AvgIpc) is 2.89. The van der Waals surface area contributed by atoms with Crippen LogP contribution in [0.5, 0.6) is 0 Å². The number of nitrogens with zero attached hydrogens (tertiary/aromatic N) is 1. The quantitative estimate of drug-likeness (QED) is 0.775. The summed E-state index contributed by atoms with van der Waals surface area (Å²) in [6.45, 7) is -0.354. The van der Waals surface area contributed by atoms with E-state index in [4.69, 9.17) is 0 Å². The van der Waals surface area contributed by atoms with Crippen molar-refractivity contribution < 1.29 is 13.5 Å². The second kappa shape index (κ2) is 5.29. The Morgan fingerprint density at radius 1 is 1.05 bits per heavy atom. The van der Waals surface area contributed by atoms with Crippen molar-refractivity contribution in [3.8, 4) is 0 Å². The molecular weight excluding hydrogens is 354 g/mol. The van der Waals surface area contributed by atoms with Gasteiger partial charge in [0.25, 0.3) is 10.0 Å². The molecule has 0 bridgehead atoms. The Hall–Kier alpha value is -1.63. The van der Waals surface area contributed by atoms with Crippen molar-refractivity contribution >= 4 is 36.9 Å². The lowest BCUT2D eigenvalue weighted by molar-refractivity contribution is 0.276. The summed E-state index contributed by atoms with van der Waals surface area (Å²) in [6.07, 6.45) is 0. The van der Waals surface area contributed by atoms with Crippen LogP contribution in [0.4, 0.5) is 0 Å². The van der Waals surface area contributed by atoms with Gasteiger partial charge in [-0.3, -0.25) is 0 Å². The Morgan fingerprint density at radius 3 is 2.43 bits per heavy atom. The van der Waals surface area contributed by atoms with Gasteiger partial charge < -0.3 is 5.11 Å². The van der Waals surface area contributed by atoms with Gasteiger partial charge in [0, 0.05) is 9.86 Å². The van der Waals surface area contributed by atoms with Gasteiger partial charge >= 0.3 is 0 Å². The molecular formula is C15H12BrNO3S. The van der Waals surface area contributed by atoms with Crippen molar-refractivity contribution in [2.24, 2.45) is 0 Å². The fraction of sp³-hybridized carbons (Fsp3) is 0.0667. The molecule has 0 aliphatic carbocycles. The van der Waals surface area contributed by atoms with Gasteiger partial charge in [-0.25, -0.2) is 12.4 Å². The zero-order valence-electron chi connectivity index (χ0n) is 10.9. The number of benzene rings is 2. The van der Waals surface area contributed by atoms with Crippen molar-refractivity contribution in [3.63, 3.8) is 0 Å². The molecule has 4 nitrogen and oxygen atoms in total. The van der Waals surface area contributed by atoms with Crippen molar-refractivity contribution in [3.05, 3.63) is 64.8 Å². The summed E-state index contributed by atoms with van der Waals surface area (Å²) in [4.78, 5) is 0.192. The minimum atomic E-state index is -3.75. The Balaban J connectivity index is 2.37. The van der Waals surface area contributed by atoms with Crippen LogP contribution < -0.4 is 0 Å². The first kappa shape index (κ1) is 14.3. The third-order valence-corrected chi connectivity index (χ3v) is 5.74. The standard InChI is InChI=1S/C15H12BrNO3S/c16-14-7-4-8-15-13(14)9-11(10-18)17(15)21(19,20)12-5-2-1-3-6-12/h1-9,18H,10H2. The highest BCUT2D eigenvalue weighted by molar-refractivity contribution is 9.10. The lowest BCUT2D eigenvalue weighted by atomic mass is 10.2. The molecule has 0 radical (unpaired) electrons. The summed E-state index contributed by atoms with van der Waals surface area (Å²) in [5.74, 6) is 0. The third-order valence-electron chi connectivity index (χ3n) is 3.26. The number of aliphatic hydroxyl groups is 1. The maximum atomic E-state index is 12.8. The molecule has 0 aliphatic heterocycles. The predicted octanol–water partition coefficient (Wildman–Crippen LogP) is 3.13. The average molecular weight is 366 g/mol. The Kier molecular flexibility index (Phi) is 3.61. The van der Waals surface area contributed by atoms with Crippen LogP contribution in [0.2, 0.25) is 0 Å². The Labute approximate surface area is 130 Å². The number of aliphatic hydroxyl groups excluding tert-OH is 1. The Bertz CT molecular complexity index is 901. The zero-order valence-corrected chi connectivity index (χ0v) is 13.3. The summed E-state index contributed by atoms with van der Waals surface area (Å²) in [7, 11) is -3.75. The fourth-order valence-electron chi connectivity index (χ4n) is 2.32.